The third-order valence-corrected chi connectivity index (χ3v) is 8.43. The normalized spacial score (nSPS) is 13.7. The van der Waals surface area contributed by atoms with E-state index in [0.29, 0.717) is 18.1 Å². The molecule has 41 heavy (non-hydrogen) atoms. The fourth-order valence-corrected chi connectivity index (χ4v) is 5.72. The number of allylic oxidation sites excluding steroid dienone is 1. The minimum absolute atomic E-state index is 0.0576. The van der Waals surface area contributed by atoms with Crippen LogP contribution in [0.1, 0.15) is 85.0 Å². The van der Waals surface area contributed by atoms with E-state index >= 15 is 0 Å². The summed E-state index contributed by atoms with van der Waals surface area (Å²) in [6.45, 7) is 14.8. The molecule has 216 valence electrons. The number of hydrogen-bond acceptors (Lipinski definition) is 3. The van der Waals surface area contributed by atoms with Crippen molar-refractivity contribution in [3.63, 3.8) is 0 Å². The number of Topliss-reactive ketones (excluding diaryl/α,β-unsaturated/α-hetero) is 1. The average Bonchev–Trinajstić information content (AvgIpc) is 3.00. The molecule has 0 saturated carbocycles. The standard InChI is InChI=1S/C38H47NO2/c1-29(2)35-23-25-39(26-24-35)30(3)37-28-36(31(4)40)21-22-38(37)41-27-11-16-34-19-17-33(18-20-34)15-10-6-9-14-32-12-7-5-8-13-32/h5,7-8,12-13,17-22,28,35H,1,3,6,9-11,14-16,23-27H2,2,4H3. The second-order valence-corrected chi connectivity index (χ2v) is 11.6. The van der Waals surface area contributed by atoms with Crippen molar-refractivity contribution in [3.05, 3.63) is 119 Å². The van der Waals surface area contributed by atoms with Crippen LogP contribution < -0.4 is 4.74 Å². The Morgan fingerprint density at radius 1 is 0.780 bits per heavy atom. The van der Waals surface area contributed by atoms with E-state index in [2.05, 4.69) is 79.6 Å². The summed E-state index contributed by atoms with van der Waals surface area (Å²) >= 11 is 0. The lowest BCUT2D eigenvalue weighted by Gasteiger charge is -2.35. The van der Waals surface area contributed by atoms with Crippen LogP contribution in [0.15, 0.2) is 91.5 Å². The molecule has 1 heterocycles. The highest BCUT2D eigenvalue weighted by Gasteiger charge is 2.23. The van der Waals surface area contributed by atoms with E-state index in [-0.39, 0.29) is 5.78 Å². The van der Waals surface area contributed by atoms with E-state index in [0.717, 1.165) is 62.2 Å². The van der Waals surface area contributed by atoms with Gasteiger partial charge in [-0.2, -0.15) is 0 Å². The number of aryl methyl sites for hydroxylation is 3. The molecule has 3 aromatic carbocycles. The number of piperidine rings is 1. The highest BCUT2D eigenvalue weighted by molar-refractivity contribution is 5.95. The maximum Gasteiger partial charge on any atom is 0.159 e. The predicted octanol–water partition coefficient (Wildman–Crippen LogP) is 9.12. The van der Waals surface area contributed by atoms with Gasteiger partial charge in [0, 0.05) is 29.9 Å². The fourth-order valence-electron chi connectivity index (χ4n) is 5.72. The molecule has 4 rings (SSSR count). The number of ketones is 1. The number of likely N-dealkylation sites (tertiary alicyclic amines) is 1. The molecule has 0 amide bonds. The van der Waals surface area contributed by atoms with Crippen LogP contribution in [-0.2, 0) is 19.3 Å². The van der Waals surface area contributed by atoms with Gasteiger partial charge >= 0.3 is 0 Å². The summed E-state index contributed by atoms with van der Waals surface area (Å²) in [6.07, 6.45) is 10.2. The molecule has 1 aliphatic heterocycles. The van der Waals surface area contributed by atoms with Crippen molar-refractivity contribution in [1.29, 1.82) is 0 Å². The average molecular weight is 550 g/mol. The summed E-state index contributed by atoms with van der Waals surface area (Å²) in [5.74, 6) is 1.45. The molecule has 0 atom stereocenters. The number of nitrogens with zero attached hydrogens (tertiary/aromatic N) is 1. The van der Waals surface area contributed by atoms with Crippen molar-refractivity contribution in [3.8, 4) is 5.75 Å². The van der Waals surface area contributed by atoms with Crippen LogP contribution in [0.3, 0.4) is 0 Å². The zero-order valence-electron chi connectivity index (χ0n) is 25.2. The second-order valence-electron chi connectivity index (χ2n) is 11.6. The summed E-state index contributed by atoms with van der Waals surface area (Å²) in [5, 5.41) is 0. The zero-order chi connectivity index (χ0) is 29.0. The van der Waals surface area contributed by atoms with Crippen LogP contribution in [0.5, 0.6) is 5.75 Å². The zero-order valence-corrected chi connectivity index (χ0v) is 25.2. The minimum Gasteiger partial charge on any atom is -0.493 e. The van der Waals surface area contributed by atoms with Crippen LogP contribution in [0.25, 0.3) is 5.70 Å². The first-order valence-corrected chi connectivity index (χ1v) is 15.4. The van der Waals surface area contributed by atoms with Crippen molar-refractivity contribution >= 4 is 11.5 Å². The Labute approximate surface area is 247 Å². The molecule has 0 radical (unpaired) electrons. The van der Waals surface area contributed by atoms with Crippen LogP contribution in [0.2, 0.25) is 0 Å². The highest BCUT2D eigenvalue weighted by atomic mass is 16.5. The van der Waals surface area contributed by atoms with E-state index in [1.807, 2.05) is 18.2 Å². The number of unbranched alkanes of at least 4 members (excludes halogenated alkanes) is 2. The third-order valence-electron chi connectivity index (χ3n) is 8.43. The monoisotopic (exact) mass is 549 g/mol. The predicted molar refractivity (Wildman–Crippen MR) is 173 cm³/mol. The lowest BCUT2D eigenvalue weighted by atomic mass is 9.90. The molecule has 0 bridgehead atoms. The van der Waals surface area contributed by atoms with Gasteiger partial charge in [0.2, 0.25) is 0 Å². The smallest absolute Gasteiger partial charge is 0.159 e. The van der Waals surface area contributed by atoms with Gasteiger partial charge in [-0.25, -0.2) is 0 Å². The number of hydrogen-bond donors (Lipinski definition) is 0. The molecule has 1 aliphatic rings. The van der Waals surface area contributed by atoms with Gasteiger partial charge in [-0.15, -0.1) is 0 Å². The van der Waals surface area contributed by atoms with Crippen molar-refractivity contribution in [2.24, 2.45) is 5.92 Å². The topological polar surface area (TPSA) is 29.5 Å². The fraction of sp³-hybridized carbons (Fsp3) is 0.395. The Bertz CT molecular complexity index is 1280. The summed E-state index contributed by atoms with van der Waals surface area (Å²) in [4.78, 5) is 14.4. The first-order valence-electron chi connectivity index (χ1n) is 15.4. The van der Waals surface area contributed by atoms with Gasteiger partial charge < -0.3 is 9.64 Å². The number of ether oxygens (including phenoxy) is 1. The van der Waals surface area contributed by atoms with Gasteiger partial charge in [0.15, 0.2) is 5.78 Å². The molecule has 0 unspecified atom stereocenters. The van der Waals surface area contributed by atoms with Crippen molar-refractivity contribution in [2.75, 3.05) is 19.7 Å². The first kappa shape index (κ1) is 30.4. The summed E-state index contributed by atoms with van der Waals surface area (Å²) in [7, 11) is 0. The minimum atomic E-state index is 0.0576. The lowest BCUT2D eigenvalue weighted by molar-refractivity contribution is 0.101. The third kappa shape index (κ3) is 9.21. The Balaban J connectivity index is 1.23. The van der Waals surface area contributed by atoms with E-state index in [4.69, 9.17) is 4.74 Å². The van der Waals surface area contributed by atoms with E-state index in [1.165, 1.54) is 47.9 Å². The van der Waals surface area contributed by atoms with Crippen LogP contribution >= 0.6 is 0 Å². The van der Waals surface area contributed by atoms with E-state index in [9.17, 15) is 4.79 Å². The Morgan fingerprint density at radius 3 is 1.95 bits per heavy atom. The largest absolute Gasteiger partial charge is 0.493 e. The summed E-state index contributed by atoms with van der Waals surface area (Å²) in [6, 6.07) is 25.6. The molecule has 1 saturated heterocycles. The highest BCUT2D eigenvalue weighted by Crippen LogP contribution is 2.33. The van der Waals surface area contributed by atoms with Crippen LogP contribution in [0.4, 0.5) is 0 Å². The quantitative estimate of drug-likeness (QED) is 0.108. The molecule has 1 fully saturated rings. The Hall–Kier alpha value is -3.59. The van der Waals surface area contributed by atoms with Crippen molar-refractivity contribution in [2.45, 2.75) is 71.6 Å². The van der Waals surface area contributed by atoms with Crippen molar-refractivity contribution in [1.82, 2.24) is 4.90 Å². The summed E-state index contributed by atoms with van der Waals surface area (Å²) in [5.41, 5.74) is 8.04. The molecule has 3 aromatic rings. The molecule has 0 aliphatic carbocycles. The lowest BCUT2D eigenvalue weighted by Crippen LogP contribution is -2.32. The van der Waals surface area contributed by atoms with Crippen LogP contribution in [0, 0.1) is 5.92 Å². The first-order chi connectivity index (χ1) is 19.9. The van der Waals surface area contributed by atoms with Gasteiger partial charge in [-0.1, -0.05) is 79.7 Å². The summed E-state index contributed by atoms with van der Waals surface area (Å²) < 4.78 is 6.28. The molecular formula is C38H47NO2. The number of carbonyl (C=O) groups excluding carboxylic acids is 1. The number of carbonyl (C=O) groups is 1. The van der Waals surface area contributed by atoms with Gasteiger partial charge in [-0.05, 0) is 106 Å². The maximum absolute atomic E-state index is 12.1. The molecule has 0 aromatic heterocycles. The molecule has 0 N–H and O–H groups in total. The molecule has 3 nitrogen and oxygen atoms in total. The number of benzene rings is 3. The molecule has 3 heteroatoms. The van der Waals surface area contributed by atoms with Gasteiger partial charge in [0.1, 0.15) is 5.75 Å². The Kier molecular flexibility index (Phi) is 11.4. The maximum atomic E-state index is 12.1. The number of rotatable bonds is 15. The van der Waals surface area contributed by atoms with Gasteiger partial charge in [0.05, 0.1) is 6.61 Å². The van der Waals surface area contributed by atoms with Gasteiger partial charge in [0.25, 0.3) is 0 Å². The van der Waals surface area contributed by atoms with Crippen LogP contribution in [-0.4, -0.2) is 30.4 Å². The van der Waals surface area contributed by atoms with Gasteiger partial charge in [-0.3, -0.25) is 4.79 Å². The van der Waals surface area contributed by atoms with Crippen molar-refractivity contribution < 1.29 is 9.53 Å². The van der Waals surface area contributed by atoms with E-state index < -0.39 is 0 Å². The molecular weight excluding hydrogens is 502 g/mol. The SMILES string of the molecule is C=C(C)C1CCN(C(=C)c2cc(C(C)=O)ccc2OCCCc2ccc(CCCCCc3ccccc3)cc2)CC1. The second kappa shape index (κ2) is 15.4. The molecule has 0 spiro atoms. The Morgan fingerprint density at radius 2 is 1.37 bits per heavy atom. The van der Waals surface area contributed by atoms with E-state index in [1.54, 1.807) is 6.92 Å².